The van der Waals surface area contributed by atoms with E-state index < -0.39 is 0 Å². The van der Waals surface area contributed by atoms with Crippen LogP contribution in [-0.2, 0) is 6.61 Å². The van der Waals surface area contributed by atoms with Gasteiger partial charge in [0.25, 0.3) is 0 Å². The van der Waals surface area contributed by atoms with E-state index in [4.69, 9.17) is 5.11 Å². The van der Waals surface area contributed by atoms with Crippen molar-refractivity contribution in [3.05, 3.63) is 23.4 Å². The van der Waals surface area contributed by atoms with Crippen molar-refractivity contribution >= 4 is 5.82 Å². The number of aromatic nitrogens is 1. The van der Waals surface area contributed by atoms with Crippen molar-refractivity contribution < 1.29 is 5.11 Å². The number of nitrogens with zero attached hydrogens (tertiary/aromatic N) is 2. The van der Waals surface area contributed by atoms with Crippen LogP contribution in [0.5, 0.6) is 0 Å². The Morgan fingerprint density at radius 2 is 2.33 bits per heavy atom. The molecule has 1 saturated heterocycles. The van der Waals surface area contributed by atoms with E-state index in [-0.39, 0.29) is 6.61 Å². The molecule has 0 aromatic carbocycles. The van der Waals surface area contributed by atoms with Crippen LogP contribution in [0.1, 0.15) is 31.0 Å². The Morgan fingerprint density at radius 3 is 2.87 bits per heavy atom. The first-order valence-electron chi connectivity index (χ1n) is 5.56. The van der Waals surface area contributed by atoms with Gasteiger partial charge in [0.15, 0.2) is 0 Å². The molecule has 1 atom stereocenters. The third-order valence-electron chi connectivity index (χ3n) is 3.20. The average Bonchev–Trinajstić information content (AvgIpc) is 2.64. The molecule has 82 valence electrons. The largest absolute Gasteiger partial charge is 0.392 e. The molecule has 1 aromatic rings. The summed E-state index contributed by atoms with van der Waals surface area (Å²) in [6, 6.07) is 4.58. The minimum Gasteiger partial charge on any atom is -0.392 e. The molecule has 0 aliphatic carbocycles. The molecule has 15 heavy (non-hydrogen) atoms. The fourth-order valence-electron chi connectivity index (χ4n) is 2.18. The van der Waals surface area contributed by atoms with Crippen LogP contribution in [0.25, 0.3) is 0 Å². The van der Waals surface area contributed by atoms with Crippen LogP contribution in [0.4, 0.5) is 5.82 Å². The van der Waals surface area contributed by atoms with Crippen molar-refractivity contribution in [1.82, 2.24) is 4.98 Å². The van der Waals surface area contributed by atoms with Crippen molar-refractivity contribution in [2.24, 2.45) is 0 Å². The SMILES string of the molecule is Cc1nc(N2CCCC2C)ccc1CO. The highest BCUT2D eigenvalue weighted by atomic mass is 16.3. The molecule has 1 unspecified atom stereocenters. The van der Waals surface area contributed by atoms with Crippen LogP contribution >= 0.6 is 0 Å². The summed E-state index contributed by atoms with van der Waals surface area (Å²) in [5.41, 5.74) is 1.86. The smallest absolute Gasteiger partial charge is 0.129 e. The summed E-state index contributed by atoms with van der Waals surface area (Å²) in [4.78, 5) is 6.88. The third-order valence-corrected chi connectivity index (χ3v) is 3.20. The second kappa shape index (κ2) is 4.19. The highest BCUT2D eigenvalue weighted by Crippen LogP contribution is 2.24. The molecule has 1 aliphatic heterocycles. The van der Waals surface area contributed by atoms with E-state index in [0.717, 1.165) is 23.6 Å². The van der Waals surface area contributed by atoms with Gasteiger partial charge in [0.1, 0.15) is 5.82 Å². The van der Waals surface area contributed by atoms with Crippen LogP contribution in [0, 0.1) is 6.92 Å². The molecule has 3 heteroatoms. The lowest BCUT2D eigenvalue weighted by molar-refractivity contribution is 0.280. The van der Waals surface area contributed by atoms with Gasteiger partial charge in [0.05, 0.1) is 6.61 Å². The predicted octanol–water partition coefficient (Wildman–Crippen LogP) is 1.87. The molecule has 0 radical (unpaired) electrons. The predicted molar refractivity (Wildman–Crippen MR) is 60.9 cm³/mol. The van der Waals surface area contributed by atoms with Crippen molar-refractivity contribution in [2.45, 2.75) is 39.3 Å². The summed E-state index contributed by atoms with van der Waals surface area (Å²) >= 11 is 0. The monoisotopic (exact) mass is 206 g/mol. The molecule has 0 amide bonds. The van der Waals surface area contributed by atoms with Crippen molar-refractivity contribution in [2.75, 3.05) is 11.4 Å². The van der Waals surface area contributed by atoms with Crippen LogP contribution in [0.15, 0.2) is 12.1 Å². The van der Waals surface area contributed by atoms with Gasteiger partial charge in [0.2, 0.25) is 0 Å². The van der Waals surface area contributed by atoms with E-state index in [1.165, 1.54) is 12.8 Å². The van der Waals surface area contributed by atoms with Crippen LogP contribution < -0.4 is 4.90 Å². The highest BCUT2D eigenvalue weighted by Gasteiger charge is 2.21. The number of aliphatic hydroxyl groups excluding tert-OH is 1. The third kappa shape index (κ3) is 1.97. The first-order valence-corrected chi connectivity index (χ1v) is 5.56. The minimum absolute atomic E-state index is 0.0780. The summed E-state index contributed by atoms with van der Waals surface area (Å²) in [7, 11) is 0. The Labute approximate surface area is 90.8 Å². The van der Waals surface area contributed by atoms with E-state index in [2.05, 4.69) is 16.8 Å². The number of hydrogen-bond acceptors (Lipinski definition) is 3. The summed E-state index contributed by atoms with van der Waals surface area (Å²) in [5.74, 6) is 1.05. The maximum atomic E-state index is 9.07. The number of pyridine rings is 1. The molecule has 1 aromatic heterocycles. The topological polar surface area (TPSA) is 36.4 Å². The molecule has 1 fully saturated rings. The lowest BCUT2D eigenvalue weighted by Gasteiger charge is -2.23. The van der Waals surface area contributed by atoms with Crippen LogP contribution in [0.3, 0.4) is 0 Å². The Kier molecular flexibility index (Phi) is 2.91. The van der Waals surface area contributed by atoms with Crippen molar-refractivity contribution in [3.63, 3.8) is 0 Å². The molecule has 1 N–H and O–H groups in total. The molecule has 2 rings (SSSR count). The van der Waals surface area contributed by atoms with E-state index >= 15 is 0 Å². The van der Waals surface area contributed by atoms with Gasteiger partial charge in [-0.25, -0.2) is 4.98 Å². The summed E-state index contributed by atoms with van der Waals surface area (Å²) < 4.78 is 0. The van der Waals surface area contributed by atoms with Gasteiger partial charge in [-0.15, -0.1) is 0 Å². The lowest BCUT2D eigenvalue weighted by atomic mass is 10.2. The normalized spacial score (nSPS) is 21.0. The first-order chi connectivity index (χ1) is 7.22. The molecule has 1 aliphatic rings. The minimum atomic E-state index is 0.0780. The lowest BCUT2D eigenvalue weighted by Crippen LogP contribution is -2.27. The number of aryl methyl sites for hydroxylation is 1. The second-order valence-electron chi connectivity index (χ2n) is 4.26. The van der Waals surface area contributed by atoms with Crippen LogP contribution in [-0.4, -0.2) is 22.7 Å². The Hall–Kier alpha value is -1.09. The maximum absolute atomic E-state index is 9.07. The Balaban J connectivity index is 2.25. The van der Waals surface area contributed by atoms with Gasteiger partial charge in [-0.3, -0.25) is 0 Å². The Bertz CT molecular complexity index is 351. The number of aliphatic hydroxyl groups is 1. The van der Waals surface area contributed by atoms with E-state index in [9.17, 15) is 0 Å². The first kappa shape index (κ1) is 10.4. The summed E-state index contributed by atoms with van der Waals surface area (Å²) in [6.07, 6.45) is 2.51. The van der Waals surface area contributed by atoms with Gasteiger partial charge in [-0.1, -0.05) is 6.07 Å². The second-order valence-corrected chi connectivity index (χ2v) is 4.26. The van der Waals surface area contributed by atoms with E-state index in [0.29, 0.717) is 6.04 Å². The van der Waals surface area contributed by atoms with Gasteiger partial charge < -0.3 is 10.0 Å². The zero-order chi connectivity index (χ0) is 10.8. The van der Waals surface area contributed by atoms with Gasteiger partial charge in [-0.05, 0) is 38.3 Å². The molecule has 0 spiro atoms. The molecule has 0 bridgehead atoms. The average molecular weight is 206 g/mol. The van der Waals surface area contributed by atoms with Gasteiger partial charge >= 0.3 is 0 Å². The molecule has 2 heterocycles. The molecule has 3 nitrogen and oxygen atoms in total. The number of rotatable bonds is 2. The zero-order valence-electron chi connectivity index (χ0n) is 9.40. The number of anilines is 1. The number of hydrogen-bond donors (Lipinski definition) is 1. The molecular weight excluding hydrogens is 188 g/mol. The van der Waals surface area contributed by atoms with Gasteiger partial charge in [0, 0.05) is 18.3 Å². The standard InChI is InChI=1S/C12H18N2O/c1-9-4-3-7-14(9)12-6-5-11(8-15)10(2)13-12/h5-6,9,15H,3-4,7-8H2,1-2H3. The maximum Gasteiger partial charge on any atom is 0.129 e. The van der Waals surface area contributed by atoms with Crippen molar-refractivity contribution in [1.29, 1.82) is 0 Å². The Morgan fingerprint density at radius 1 is 1.53 bits per heavy atom. The quantitative estimate of drug-likeness (QED) is 0.802. The summed E-state index contributed by atoms with van der Waals surface area (Å²) in [5, 5.41) is 9.07. The van der Waals surface area contributed by atoms with E-state index in [1.54, 1.807) is 0 Å². The molecular formula is C12H18N2O. The fraction of sp³-hybridized carbons (Fsp3) is 0.583. The highest BCUT2D eigenvalue weighted by molar-refractivity contribution is 5.43. The zero-order valence-corrected chi connectivity index (χ0v) is 9.40. The fourth-order valence-corrected chi connectivity index (χ4v) is 2.18. The van der Waals surface area contributed by atoms with Gasteiger partial charge in [-0.2, -0.15) is 0 Å². The van der Waals surface area contributed by atoms with Crippen molar-refractivity contribution in [3.8, 4) is 0 Å². The molecule has 0 saturated carbocycles. The van der Waals surface area contributed by atoms with Crippen LogP contribution in [0.2, 0.25) is 0 Å². The van der Waals surface area contributed by atoms with E-state index in [1.807, 2.05) is 19.1 Å². The summed E-state index contributed by atoms with van der Waals surface area (Å²) in [6.45, 7) is 5.38.